The lowest BCUT2D eigenvalue weighted by Gasteiger charge is -2.01. The molecule has 0 aliphatic heterocycles. The fourth-order valence-corrected chi connectivity index (χ4v) is 0.615. The Bertz CT molecular complexity index is 225. The molecule has 0 radical (unpaired) electrons. The van der Waals surface area contributed by atoms with Crippen LogP contribution in [0.1, 0.15) is 19.8 Å². The summed E-state index contributed by atoms with van der Waals surface area (Å²) >= 11 is 0. The zero-order valence-electron chi connectivity index (χ0n) is 7.28. The topological polar surface area (TPSA) is 99.0 Å². The number of nitrogens with zero attached hydrogens (tertiary/aromatic N) is 1. The normalized spacial score (nSPS) is 11.0. The van der Waals surface area contributed by atoms with Crippen molar-refractivity contribution in [2.75, 3.05) is 6.54 Å². The largest absolute Gasteiger partial charge is 0.481 e. The van der Waals surface area contributed by atoms with Crippen molar-refractivity contribution in [1.82, 2.24) is 5.32 Å². The third-order valence-corrected chi connectivity index (χ3v) is 1.33. The van der Waals surface area contributed by atoms with E-state index in [0.717, 1.165) is 0 Å². The highest BCUT2D eigenvalue weighted by molar-refractivity contribution is 6.37. The molecular weight excluding hydrogens is 176 g/mol. The first kappa shape index (κ1) is 11.4. The van der Waals surface area contributed by atoms with Crippen molar-refractivity contribution >= 4 is 17.6 Å². The van der Waals surface area contributed by atoms with Crippen LogP contribution in [-0.2, 0) is 9.59 Å². The Hall–Kier alpha value is -1.59. The molecule has 0 aliphatic carbocycles. The van der Waals surface area contributed by atoms with Crippen LogP contribution in [0.15, 0.2) is 5.16 Å². The highest BCUT2D eigenvalue weighted by Crippen LogP contribution is 1.86. The number of aliphatic carboxylic acids is 1. The molecule has 0 atom stereocenters. The molecule has 6 nitrogen and oxygen atoms in total. The molecule has 0 heterocycles. The molecule has 0 saturated carbocycles. The first-order valence-electron chi connectivity index (χ1n) is 3.76. The minimum absolute atomic E-state index is 0.00952. The van der Waals surface area contributed by atoms with Crippen molar-refractivity contribution in [3.63, 3.8) is 0 Å². The van der Waals surface area contributed by atoms with Crippen molar-refractivity contribution in [3.8, 4) is 0 Å². The standard InChI is InChI=1S/C7H12N2O4/c1-5(9-13)7(12)8-4-2-3-6(10)11/h13H,2-4H2,1H3,(H,8,12)(H,10,11)/b9-5+. The van der Waals surface area contributed by atoms with Crippen molar-refractivity contribution < 1.29 is 19.9 Å². The van der Waals surface area contributed by atoms with Gasteiger partial charge in [-0.05, 0) is 13.3 Å². The van der Waals surface area contributed by atoms with Crippen LogP contribution >= 0.6 is 0 Å². The predicted molar refractivity (Wildman–Crippen MR) is 44.8 cm³/mol. The van der Waals surface area contributed by atoms with Gasteiger partial charge in [-0.3, -0.25) is 9.59 Å². The van der Waals surface area contributed by atoms with Gasteiger partial charge in [0.2, 0.25) is 0 Å². The van der Waals surface area contributed by atoms with Crippen LogP contribution in [0, 0.1) is 0 Å². The molecule has 74 valence electrons. The number of carbonyl (C=O) groups is 2. The Morgan fingerprint density at radius 3 is 2.54 bits per heavy atom. The second-order valence-corrected chi connectivity index (χ2v) is 2.44. The fraction of sp³-hybridized carbons (Fsp3) is 0.571. The first-order chi connectivity index (χ1) is 6.07. The Labute approximate surface area is 75.2 Å². The first-order valence-corrected chi connectivity index (χ1v) is 3.76. The lowest BCUT2D eigenvalue weighted by atomic mass is 10.3. The lowest BCUT2D eigenvalue weighted by molar-refractivity contribution is -0.137. The van der Waals surface area contributed by atoms with Crippen LogP contribution in [0.3, 0.4) is 0 Å². The minimum atomic E-state index is -0.901. The molecule has 0 aliphatic rings. The fourth-order valence-electron chi connectivity index (χ4n) is 0.615. The summed E-state index contributed by atoms with van der Waals surface area (Å²) in [5.41, 5.74) is -0.0460. The highest BCUT2D eigenvalue weighted by Gasteiger charge is 2.04. The van der Waals surface area contributed by atoms with Gasteiger partial charge >= 0.3 is 5.97 Å². The van der Waals surface area contributed by atoms with Crippen LogP contribution in [0.4, 0.5) is 0 Å². The van der Waals surface area contributed by atoms with E-state index in [1.807, 2.05) is 0 Å². The number of nitrogens with one attached hydrogen (secondary N) is 1. The number of oxime groups is 1. The Balaban J connectivity index is 3.54. The summed E-state index contributed by atoms with van der Waals surface area (Å²) in [4.78, 5) is 20.9. The van der Waals surface area contributed by atoms with E-state index >= 15 is 0 Å². The Morgan fingerprint density at radius 2 is 2.08 bits per heavy atom. The van der Waals surface area contributed by atoms with E-state index in [1.54, 1.807) is 0 Å². The molecule has 0 aromatic heterocycles. The summed E-state index contributed by atoms with van der Waals surface area (Å²) in [6, 6.07) is 0. The van der Waals surface area contributed by atoms with E-state index in [2.05, 4.69) is 10.5 Å². The third-order valence-electron chi connectivity index (χ3n) is 1.33. The van der Waals surface area contributed by atoms with E-state index in [9.17, 15) is 9.59 Å². The average Bonchev–Trinajstić information content (AvgIpc) is 2.10. The number of amides is 1. The number of carbonyl (C=O) groups excluding carboxylic acids is 1. The van der Waals surface area contributed by atoms with Crippen molar-refractivity contribution in [3.05, 3.63) is 0 Å². The van der Waals surface area contributed by atoms with Gasteiger partial charge in [-0.2, -0.15) is 0 Å². The van der Waals surface area contributed by atoms with Gasteiger partial charge < -0.3 is 15.6 Å². The molecule has 6 heteroatoms. The monoisotopic (exact) mass is 188 g/mol. The molecule has 0 aromatic carbocycles. The van der Waals surface area contributed by atoms with Gasteiger partial charge in [-0.25, -0.2) is 0 Å². The Morgan fingerprint density at radius 1 is 1.46 bits per heavy atom. The summed E-state index contributed by atoms with van der Waals surface area (Å²) in [6.45, 7) is 1.62. The van der Waals surface area contributed by atoms with Crippen LogP contribution in [0.2, 0.25) is 0 Å². The molecule has 3 N–H and O–H groups in total. The Kier molecular flexibility index (Phi) is 5.25. The maximum Gasteiger partial charge on any atom is 0.303 e. The SMILES string of the molecule is C/C(=N\O)C(=O)NCCCC(=O)O. The zero-order valence-corrected chi connectivity index (χ0v) is 7.28. The molecule has 13 heavy (non-hydrogen) atoms. The summed E-state index contributed by atoms with van der Waals surface area (Å²) < 4.78 is 0. The number of rotatable bonds is 5. The van der Waals surface area contributed by atoms with Gasteiger partial charge in [0.25, 0.3) is 5.91 Å². The summed E-state index contributed by atoms with van der Waals surface area (Å²) in [7, 11) is 0. The summed E-state index contributed by atoms with van der Waals surface area (Å²) in [5.74, 6) is -1.39. The minimum Gasteiger partial charge on any atom is -0.481 e. The average molecular weight is 188 g/mol. The van der Waals surface area contributed by atoms with Gasteiger partial charge in [0, 0.05) is 13.0 Å². The third kappa shape index (κ3) is 5.66. The zero-order chi connectivity index (χ0) is 10.3. The molecule has 0 fully saturated rings. The maximum absolute atomic E-state index is 10.9. The lowest BCUT2D eigenvalue weighted by Crippen LogP contribution is -2.30. The molecule has 0 rings (SSSR count). The number of carboxylic acid groups (broad SMARTS) is 1. The second-order valence-electron chi connectivity index (χ2n) is 2.44. The molecular formula is C7H12N2O4. The predicted octanol–water partition coefficient (Wildman–Crippen LogP) is -0.183. The van der Waals surface area contributed by atoms with Crippen molar-refractivity contribution in [1.29, 1.82) is 0 Å². The molecule has 0 saturated heterocycles. The van der Waals surface area contributed by atoms with Crippen LogP contribution in [0.5, 0.6) is 0 Å². The van der Waals surface area contributed by atoms with Crippen molar-refractivity contribution in [2.24, 2.45) is 5.16 Å². The van der Waals surface area contributed by atoms with Gasteiger partial charge in [0.1, 0.15) is 5.71 Å². The smallest absolute Gasteiger partial charge is 0.303 e. The summed E-state index contributed by atoms with van der Waals surface area (Å²) in [5, 5.41) is 21.5. The van der Waals surface area contributed by atoms with E-state index in [1.165, 1.54) is 6.92 Å². The maximum atomic E-state index is 10.9. The van der Waals surface area contributed by atoms with Crippen LogP contribution < -0.4 is 5.32 Å². The van der Waals surface area contributed by atoms with Gasteiger partial charge in [0.05, 0.1) is 0 Å². The summed E-state index contributed by atoms with van der Waals surface area (Å²) in [6.07, 6.45) is 0.370. The second kappa shape index (κ2) is 5.99. The number of hydrogen-bond acceptors (Lipinski definition) is 4. The quantitative estimate of drug-likeness (QED) is 0.241. The molecule has 0 bridgehead atoms. The van der Waals surface area contributed by atoms with Crippen LogP contribution in [0.25, 0.3) is 0 Å². The number of carboxylic acids is 1. The van der Waals surface area contributed by atoms with Gasteiger partial charge in [-0.15, -0.1) is 0 Å². The van der Waals surface area contributed by atoms with Gasteiger partial charge in [-0.1, -0.05) is 5.16 Å². The molecule has 0 spiro atoms. The molecule has 1 amide bonds. The van der Waals surface area contributed by atoms with Crippen molar-refractivity contribution in [2.45, 2.75) is 19.8 Å². The van der Waals surface area contributed by atoms with E-state index < -0.39 is 11.9 Å². The highest BCUT2D eigenvalue weighted by atomic mass is 16.4. The van der Waals surface area contributed by atoms with Gasteiger partial charge in [0.15, 0.2) is 0 Å². The molecule has 0 aromatic rings. The van der Waals surface area contributed by atoms with E-state index in [4.69, 9.17) is 10.3 Å². The molecule has 0 unspecified atom stereocenters. The van der Waals surface area contributed by atoms with E-state index in [0.29, 0.717) is 6.42 Å². The van der Waals surface area contributed by atoms with E-state index in [-0.39, 0.29) is 18.7 Å². The van der Waals surface area contributed by atoms with Crippen LogP contribution in [-0.4, -0.2) is 34.4 Å². The number of hydrogen-bond donors (Lipinski definition) is 3.